The molecular weight excluding hydrogens is 249 g/mol. The Hall–Kier alpha value is -1.67. The molecule has 0 spiro atoms. The molecule has 0 aliphatic rings. The maximum absolute atomic E-state index is 12.9. The fourth-order valence-corrected chi connectivity index (χ4v) is 2.19. The third-order valence-corrected chi connectivity index (χ3v) is 3.42. The monoisotopic (exact) mass is 261 g/mol. The van der Waals surface area contributed by atoms with E-state index in [4.69, 9.17) is 5.73 Å². The first-order valence-electron chi connectivity index (χ1n) is 4.62. The lowest BCUT2D eigenvalue weighted by Crippen LogP contribution is -2.35. The van der Waals surface area contributed by atoms with Gasteiger partial charge in [-0.15, -0.1) is 0 Å². The minimum absolute atomic E-state index is 0.0872. The molecule has 4 N–H and O–H groups in total. The standard InChI is InChI=1S/C9H12FN3O3S/c1-12-9(14)5-13-17(15,16)8-4-6(10)2-3-7(8)11/h2-4,13H,5,11H2,1H3,(H,12,14). The van der Waals surface area contributed by atoms with E-state index in [1.807, 2.05) is 4.72 Å². The van der Waals surface area contributed by atoms with E-state index in [9.17, 15) is 17.6 Å². The van der Waals surface area contributed by atoms with Gasteiger partial charge in [0, 0.05) is 7.05 Å². The molecule has 0 aliphatic carbocycles. The number of hydrogen-bond acceptors (Lipinski definition) is 4. The van der Waals surface area contributed by atoms with Gasteiger partial charge in [-0.3, -0.25) is 4.79 Å². The van der Waals surface area contributed by atoms with Gasteiger partial charge in [0.1, 0.15) is 10.7 Å². The molecule has 0 bridgehead atoms. The molecule has 0 unspecified atom stereocenters. The van der Waals surface area contributed by atoms with Crippen molar-refractivity contribution in [1.29, 1.82) is 0 Å². The number of rotatable bonds is 4. The molecule has 94 valence electrons. The Morgan fingerprint density at radius 1 is 1.47 bits per heavy atom. The molecule has 0 saturated carbocycles. The van der Waals surface area contributed by atoms with E-state index in [2.05, 4.69) is 5.32 Å². The van der Waals surface area contributed by atoms with Gasteiger partial charge >= 0.3 is 0 Å². The first-order valence-corrected chi connectivity index (χ1v) is 6.10. The number of nitrogens with two attached hydrogens (primary N) is 1. The van der Waals surface area contributed by atoms with Crippen LogP contribution in [0.4, 0.5) is 10.1 Å². The Labute approximate surface area is 98.1 Å². The van der Waals surface area contributed by atoms with Crippen LogP contribution in [-0.2, 0) is 14.8 Å². The van der Waals surface area contributed by atoms with E-state index in [1.54, 1.807) is 0 Å². The van der Waals surface area contributed by atoms with Gasteiger partial charge in [0.25, 0.3) is 0 Å². The molecule has 0 fully saturated rings. The van der Waals surface area contributed by atoms with Gasteiger partial charge in [0.2, 0.25) is 15.9 Å². The lowest BCUT2D eigenvalue weighted by Gasteiger charge is -2.08. The van der Waals surface area contributed by atoms with E-state index in [1.165, 1.54) is 7.05 Å². The molecule has 0 atom stereocenters. The van der Waals surface area contributed by atoms with Gasteiger partial charge in [-0.1, -0.05) is 0 Å². The van der Waals surface area contributed by atoms with E-state index < -0.39 is 28.3 Å². The first-order chi connectivity index (χ1) is 7.86. The van der Waals surface area contributed by atoms with Crippen molar-refractivity contribution in [3.63, 3.8) is 0 Å². The summed E-state index contributed by atoms with van der Waals surface area (Å²) in [5.74, 6) is -1.23. The van der Waals surface area contributed by atoms with Crippen molar-refractivity contribution in [2.24, 2.45) is 0 Å². The number of anilines is 1. The summed E-state index contributed by atoms with van der Waals surface area (Å²) in [6, 6.07) is 2.98. The van der Waals surface area contributed by atoms with Crippen LogP contribution in [0.5, 0.6) is 0 Å². The highest BCUT2D eigenvalue weighted by Crippen LogP contribution is 2.18. The molecule has 8 heteroatoms. The van der Waals surface area contributed by atoms with Crippen LogP contribution in [0.3, 0.4) is 0 Å². The Balaban J connectivity index is 2.97. The molecule has 1 rings (SSSR count). The van der Waals surface area contributed by atoms with Crippen molar-refractivity contribution in [2.75, 3.05) is 19.3 Å². The Morgan fingerprint density at radius 2 is 2.12 bits per heavy atom. The average Bonchev–Trinajstić information content (AvgIpc) is 2.29. The quantitative estimate of drug-likeness (QED) is 0.632. The Bertz CT molecular complexity index is 530. The second-order valence-corrected chi connectivity index (χ2v) is 4.92. The molecule has 0 radical (unpaired) electrons. The van der Waals surface area contributed by atoms with Crippen LogP contribution >= 0.6 is 0 Å². The maximum atomic E-state index is 12.9. The minimum Gasteiger partial charge on any atom is -0.398 e. The van der Waals surface area contributed by atoms with Crippen molar-refractivity contribution in [1.82, 2.24) is 10.0 Å². The van der Waals surface area contributed by atoms with Gasteiger partial charge in [-0.25, -0.2) is 17.5 Å². The molecule has 0 saturated heterocycles. The van der Waals surface area contributed by atoms with Crippen LogP contribution < -0.4 is 15.8 Å². The fourth-order valence-electron chi connectivity index (χ4n) is 1.07. The zero-order valence-corrected chi connectivity index (χ0v) is 9.84. The number of amides is 1. The highest BCUT2D eigenvalue weighted by atomic mass is 32.2. The van der Waals surface area contributed by atoms with Crippen molar-refractivity contribution >= 4 is 21.6 Å². The van der Waals surface area contributed by atoms with Crippen LogP contribution in [0.1, 0.15) is 0 Å². The molecule has 1 aromatic carbocycles. The summed E-state index contributed by atoms with van der Waals surface area (Å²) in [6.07, 6.45) is 0. The lowest BCUT2D eigenvalue weighted by atomic mass is 10.3. The van der Waals surface area contributed by atoms with Gasteiger partial charge in [-0.2, -0.15) is 0 Å². The van der Waals surface area contributed by atoms with Gasteiger partial charge in [-0.05, 0) is 18.2 Å². The van der Waals surface area contributed by atoms with Crippen LogP contribution in [0, 0.1) is 5.82 Å². The zero-order chi connectivity index (χ0) is 13.1. The second kappa shape index (κ2) is 5.11. The fraction of sp³-hybridized carbons (Fsp3) is 0.222. The molecule has 0 aromatic heterocycles. The SMILES string of the molecule is CNC(=O)CNS(=O)(=O)c1cc(F)ccc1N. The van der Waals surface area contributed by atoms with Gasteiger partial charge < -0.3 is 11.1 Å². The van der Waals surface area contributed by atoms with E-state index in [-0.39, 0.29) is 10.6 Å². The van der Waals surface area contributed by atoms with E-state index in [0.29, 0.717) is 0 Å². The summed E-state index contributed by atoms with van der Waals surface area (Å²) in [6.45, 7) is -0.436. The lowest BCUT2D eigenvalue weighted by molar-refractivity contribution is -0.119. The normalized spacial score (nSPS) is 11.2. The van der Waals surface area contributed by atoms with E-state index >= 15 is 0 Å². The maximum Gasteiger partial charge on any atom is 0.243 e. The number of carbonyl (C=O) groups excluding carboxylic acids is 1. The van der Waals surface area contributed by atoms with Crippen molar-refractivity contribution in [2.45, 2.75) is 4.90 Å². The summed E-state index contributed by atoms with van der Waals surface area (Å²) < 4.78 is 38.3. The molecule has 1 amide bonds. The number of sulfonamides is 1. The largest absolute Gasteiger partial charge is 0.398 e. The summed E-state index contributed by atoms with van der Waals surface area (Å²) in [4.78, 5) is 10.5. The van der Waals surface area contributed by atoms with Crippen LogP contribution in [0.25, 0.3) is 0 Å². The summed E-state index contributed by atoms with van der Waals surface area (Å²) in [5, 5.41) is 2.24. The Morgan fingerprint density at radius 3 is 2.71 bits per heavy atom. The molecule has 1 aromatic rings. The predicted molar refractivity (Wildman–Crippen MR) is 60.1 cm³/mol. The molecular formula is C9H12FN3O3S. The summed E-state index contributed by atoms with van der Waals surface area (Å²) in [7, 11) is -2.63. The summed E-state index contributed by atoms with van der Waals surface area (Å²) >= 11 is 0. The highest BCUT2D eigenvalue weighted by molar-refractivity contribution is 7.89. The van der Waals surface area contributed by atoms with Gasteiger partial charge in [0.05, 0.1) is 12.2 Å². The topological polar surface area (TPSA) is 101 Å². The second-order valence-electron chi connectivity index (χ2n) is 3.18. The summed E-state index contributed by atoms with van der Waals surface area (Å²) in [5.41, 5.74) is 5.34. The van der Waals surface area contributed by atoms with Crippen molar-refractivity contribution in [3.8, 4) is 0 Å². The number of hydrogen-bond donors (Lipinski definition) is 3. The number of nitrogens with one attached hydrogen (secondary N) is 2. The Kier molecular flexibility index (Phi) is 4.02. The third-order valence-electron chi connectivity index (χ3n) is 1.97. The van der Waals surface area contributed by atoms with Crippen molar-refractivity contribution < 1.29 is 17.6 Å². The van der Waals surface area contributed by atoms with Crippen LogP contribution in [0.15, 0.2) is 23.1 Å². The third kappa shape index (κ3) is 3.40. The van der Waals surface area contributed by atoms with Crippen LogP contribution in [0.2, 0.25) is 0 Å². The molecule has 6 nitrogen and oxygen atoms in total. The smallest absolute Gasteiger partial charge is 0.243 e. The molecule has 0 heterocycles. The van der Waals surface area contributed by atoms with Crippen LogP contribution in [-0.4, -0.2) is 27.9 Å². The number of benzene rings is 1. The highest BCUT2D eigenvalue weighted by Gasteiger charge is 2.18. The number of nitrogen functional groups attached to an aromatic ring is 1. The zero-order valence-electron chi connectivity index (χ0n) is 9.03. The average molecular weight is 261 g/mol. The minimum atomic E-state index is -3.99. The number of carbonyl (C=O) groups is 1. The number of halogens is 1. The first kappa shape index (κ1) is 13.4. The van der Waals surface area contributed by atoms with Crippen molar-refractivity contribution in [3.05, 3.63) is 24.0 Å². The van der Waals surface area contributed by atoms with E-state index in [0.717, 1.165) is 18.2 Å². The number of likely N-dealkylation sites (N-methyl/N-ethyl adjacent to an activating group) is 1. The van der Waals surface area contributed by atoms with Gasteiger partial charge in [0.15, 0.2) is 0 Å². The molecule has 17 heavy (non-hydrogen) atoms. The molecule has 0 aliphatic heterocycles. The predicted octanol–water partition coefficient (Wildman–Crippen LogP) is -0.568.